The van der Waals surface area contributed by atoms with Crippen molar-refractivity contribution < 1.29 is 8.78 Å². The highest BCUT2D eigenvalue weighted by atomic mass is 35.5. The number of hydrogen-bond acceptors (Lipinski definition) is 1. The summed E-state index contributed by atoms with van der Waals surface area (Å²) in [7, 11) is 1.81. The highest BCUT2D eigenvalue weighted by Crippen LogP contribution is 2.23. The average molecular weight is 330 g/mol. The first-order valence-electron chi connectivity index (χ1n) is 6.54. The number of likely N-dealkylation sites (N-methyl/N-ethyl adjacent to an activating group) is 1. The second-order valence-electron chi connectivity index (χ2n) is 4.91. The lowest BCUT2D eigenvalue weighted by Crippen LogP contribution is -2.30. The van der Waals surface area contributed by atoms with Gasteiger partial charge in [0.2, 0.25) is 0 Å². The summed E-state index contributed by atoms with van der Waals surface area (Å²) >= 11 is 12.0. The summed E-state index contributed by atoms with van der Waals surface area (Å²) < 4.78 is 26.4. The zero-order chi connectivity index (χ0) is 15.4. The molecule has 2 aromatic carbocycles. The minimum absolute atomic E-state index is 0.0184. The quantitative estimate of drug-likeness (QED) is 0.842. The summed E-state index contributed by atoms with van der Waals surface area (Å²) in [5.74, 6) is -1.13. The van der Waals surface area contributed by atoms with E-state index in [2.05, 4.69) is 5.32 Å². The molecule has 0 aliphatic carbocycles. The first-order valence-corrected chi connectivity index (χ1v) is 7.29. The van der Waals surface area contributed by atoms with Crippen molar-refractivity contribution in [3.63, 3.8) is 0 Å². The molecule has 0 bridgehead atoms. The lowest BCUT2D eigenvalue weighted by molar-refractivity contribution is 0.543. The third-order valence-electron chi connectivity index (χ3n) is 3.29. The number of halogens is 4. The van der Waals surface area contributed by atoms with Gasteiger partial charge in [0.1, 0.15) is 11.6 Å². The van der Waals surface area contributed by atoms with Crippen LogP contribution in [-0.4, -0.2) is 13.1 Å². The van der Waals surface area contributed by atoms with Crippen LogP contribution in [0, 0.1) is 11.6 Å². The second-order valence-corrected chi connectivity index (χ2v) is 5.75. The van der Waals surface area contributed by atoms with Gasteiger partial charge in [-0.1, -0.05) is 29.3 Å². The van der Waals surface area contributed by atoms with E-state index in [9.17, 15) is 8.78 Å². The Balaban J connectivity index is 2.12. The van der Waals surface area contributed by atoms with E-state index >= 15 is 0 Å². The highest BCUT2D eigenvalue weighted by molar-refractivity contribution is 6.35. The average Bonchev–Trinajstić information content (AvgIpc) is 2.39. The molecule has 1 nitrogen and oxygen atoms in total. The molecule has 0 spiro atoms. The van der Waals surface area contributed by atoms with Gasteiger partial charge < -0.3 is 5.32 Å². The molecule has 0 fully saturated rings. The molecule has 0 aromatic heterocycles. The van der Waals surface area contributed by atoms with Gasteiger partial charge in [-0.05, 0) is 55.3 Å². The van der Waals surface area contributed by atoms with Crippen LogP contribution < -0.4 is 5.32 Å². The number of nitrogens with one attached hydrogen (secondary N) is 1. The predicted octanol–water partition coefficient (Wildman–Crippen LogP) is 4.64. The topological polar surface area (TPSA) is 12.0 Å². The van der Waals surface area contributed by atoms with Crippen LogP contribution >= 0.6 is 23.2 Å². The van der Waals surface area contributed by atoms with E-state index in [-0.39, 0.29) is 6.04 Å². The van der Waals surface area contributed by atoms with Crippen molar-refractivity contribution in [1.29, 1.82) is 0 Å². The van der Waals surface area contributed by atoms with Gasteiger partial charge in [-0.3, -0.25) is 0 Å². The maximum atomic E-state index is 13.2. The van der Waals surface area contributed by atoms with Crippen molar-refractivity contribution in [2.24, 2.45) is 0 Å². The van der Waals surface area contributed by atoms with E-state index in [1.54, 1.807) is 12.1 Å². The molecule has 1 unspecified atom stereocenters. The van der Waals surface area contributed by atoms with Gasteiger partial charge >= 0.3 is 0 Å². The van der Waals surface area contributed by atoms with Crippen molar-refractivity contribution in [1.82, 2.24) is 5.32 Å². The molecule has 0 saturated heterocycles. The molecule has 0 radical (unpaired) electrons. The third-order valence-corrected chi connectivity index (χ3v) is 3.88. The third kappa shape index (κ3) is 4.67. The molecule has 2 rings (SSSR count). The molecule has 1 N–H and O–H groups in total. The number of benzene rings is 2. The molecule has 0 heterocycles. The van der Waals surface area contributed by atoms with Gasteiger partial charge in [-0.25, -0.2) is 8.78 Å². The predicted molar refractivity (Wildman–Crippen MR) is 83.1 cm³/mol. The van der Waals surface area contributed by atoms with E-state index in [0.717, 1.165) is 11.6 Å². The lowest BCUT2D eigenvalue weighted by Gasteiger charge is -2.17. The molecular formula is C16H15Cl2F2N. The Morgan fingerprint density at radius 1 is 1.00 bits per heavy atom. The standard InChI is InChI=1S/C16H15Cl2F2N/c1-21-15(6-10-4-13(19)9-14(20)5-10)7-11-2-3-12(17)8-16(11)18/h2-5,8-9,15,21H,6-7H2,1H3. The first-order chi connectivity index (χ1) is 9.97. The van der Waals surface area contributed by atoms with Crippen LogP contribution in [0.2, 0.25) is 10.0 Å². The van der Waals surface area contributed by atoms with Crippen LogP contribution in [0.4, 0.5) is 8.78 Å². The van der Waals surface area contributed by atoms with Crippen LogP contribution in [0.25, 0.3) is 0 Å². The molecule has 0 aliphatic heterocycles. The van der Waals surface area contributed by atoms with Gasteiger partial charge in [-0.15, -0.1) is 0 Å². The Morgan fingerprint density at radius 2 is 1.67 bits per heavy atom. The molecule has 21 heavy (non-hydrogen) atoms. The summed E-state index contributed by atoms with van der Waals surface area (Å²) in [6, 6.07) is 8.90. The minimum Gasteiger partial charge on any atom is -0.316 e. The van der Waals surface area contributed by atoms with Crippen molar-refractivity contribution in [2.75, 3.05) is 7.05 Å². The second kappa shape index (κ2) is 7.21. The van der Waals surface area contributed by atoms with Crippen LogP contribution in [0.15, 0.2) is 36.4 Å². The van der Waals surface area contributed by atoms with Crippen LogP contribution in [0.5, 0.6) is 0 Å². The van der Waals surface area contributed by atoms with Gasteiger partial charge in [0.25, 0.3) is 0 Å². The zero-order valence-electron chi connectivity index (χ0n) is 11.5. The smallest absolute Gasteiger partial charge is 0.126 e. The van der Waals surface area contributed by atoms with Crippen LogP contribution in [-0.2, 0) is 12.8 Å². The SMILES string of the molecule is CNC(Cc1cc(F)cc(F)c1)Cc1ccc(Cl)cc1Cl. The maximum Gasteiger partial charge on any atom is 0.126 e. The monoisotopic (exact) mass is 329 g/mol. The van der Waals surface area contributed by atoms with Gasteiger partial charge in [0.05, 0.1) is 0 Å². The highest BCUT2D eigenvalue weighted by Gasteiger charge is 2.12. The first kappa shape index (κ1) is 16.2. The van der Waals surface area contributed by atoms with E-state index in [4.69, 9.17) is 23.2 Å². The number of hydrogen-bond donors (Lipinski definition) is 1. The van der Waals surface area contributed by atoms with Gasteiger partial charge in [0.15, 0.2) is 0 Å². The van der Waals surface area contributed by atoms with Crippen LogP contribution in [0.3, 0.4) is 0 Å². The minimum atomic E-state index is -0.565. The van der Waals surface area contributed by atoms with Crippen molar-refractivity contribution in [3.05, 3.63) is 69.2 Å². The van der Waals surface area contributed by atoms with E-state index in [0.29, 0.717) is 28.5 Å². The normalized spacial score (nSPS) is 12.4. The van der Waals surface area contributed by atoms with E-state index < -0.39 is 11.6 Å². The zero-order valence-corrected chi connectivity index (χ0v) is 13.0. The summed E-state index contributed by atoms with van der Waals surface area (Å²) in [5.41, 5.74) is 1.55. The molecule has 1 atom stereocenters. The fourth-order valence-electron chi connectivity index (χ4n) is 2.24. The Bertz CT molecular complexity index is 611. The molecule has 112 valence electrons. The maximum absolute atomic E-state index is 13.2. The van der Waals surface area contributed by atoms with Gasteiger partial charge in [0, 0.05) is 22.2 Å². The Hall–Kier alpha value is -1.16. The summed E-state index contributed by atoms with van der Waals surface area (Å²) in [6.45, 7) is 0. The fraction of sp³-hybridized carbons (Fsp3) is 0.250. The summed E-state index contributed by atoms with van der Waals surface area (Å²) in [5, 5.41) is 4.31. The largest absolute Gasteiger partial charge is 0.316 e. The van der Waals surface area contributed by atoms with E-state index in [1.165, 1.54) is 12.1 Å². The Labute approximate surface area is 132 Å². The fourth-order valence-corrected chi connectivity index (χ4v) is 2.73. The Morgan fingerprint density at radius 3 is 2.24 bits per heavy atom. The molecule has 0 saturated carbocycles. The van der Waals surface area contributed by atoms with Gasteiger partial charge in [-0.2, -0.15) is 0 Å². The van der Waals surface area contributed by atoms with Crippen molar-refractivity contribution in [3.8, 4) is 0 Å². The van der Waals surface area contributed by atoms with Crippen molar-refractivity contribution >= 4 is 23.2 Å². The number of rotatable bonds is 5. The summed E-state index contributed by atoms with van der Waals surface area (Å²) in [6.07, 6.45) is 1.15. The molecule has 5 heteroatoms. The van der Waals surface area contributed by atoms with Crippen molar-refractivity contribution in [2.45, 2.75) is 18.9 Å². The van der Waals surface area contributed by atoms with E-state index in [1.807, 2.05) is 13.1 Å². The van der Waals surface area contributed by atoms with Crippen LogP contribution in [0.1, 0.15) is 11.1 Å². The molecule has 0 aliphatic rings. The Kier molecular flexibility index (Phi) is 5.57. The summed E-state index contributed by atoms with van der Waals surface area (Å²) in [4.78, 5) is 0. The lowest BCUT2D eigenvalue weighted by atomic mass is 9.99. The molecule has 2 aromatic rings. The molecule has 0 amide bonds. The molecular weight excluding hydrogens is 315 g/mol.